The van der Waals surface area contributed by atoms with E-state index in [1.54, 1.807) is 0 Å². The van der Waals surface area contributed by atoms with Crippen molar-refractivity contribution < 1.29 is 52.7 Å². The van der Waals surface area contributed by atoms with Gasteiger partial charge >= 0.3 is 56.9 Å². The molecule has 136 valence electrons. The zero-order valence-corrected chi connectivity index (χ0v) is 10.4. The van der Waals surface area contributed by atoms with Crippen LogP contribution in [0, 0.1) is 30.3 Å². The molecule has 0 radical (unpaired) electrons. The van der Waals surface area contributed by atoms with Gasteiger partial charge in [-0.1, -0.05) is 0 Å². The Labute approximate surface area is 162 Å². The van der Waals surface area contributed by atoms with Crippen molar-refractivity contribution >= 4 is 62.5 Å². The van der Waals surface area contributed by atoms with Crippen LogP contribution in [0.4, 0.5) is 17.1 Å². The number of benzene rings is 1. The summed E-state index contributed by atoms with van der Waals surface area (Å²) < 4.78 is 0. The summed E-state index contributed by atoms with van der Waals surface area (Å²) in [6.07, 6.45) is 0. The molecule has 23 heavy (non-hydrogen) atoms. The Bertz CT molecular complexity index is 473. The van der Waals surface area contributed by atoms with Crippen molar-refractivity contribution in [1.82, 2.24) is 0 Å². The van der Waals surface area contributed by atoms with Gasteiger partial charge in [-0.05, 0) is 0 Å². The van der Waals surface area contributed by atoms with E-state index in [4.69, 9.17) is 5.11 Å². The van der Waals surface area contributed by atoms with Crippen LogP contribution < -0.4 is 0 Å². The first kappa shape index (κ1) is 43.0. The summed E-state index contributed by atoms with van der Waals surface area (Å²) in [6, 6.07) is 0.894. The van der Waals surface area contributed by atoms with Crippen LogP contribution in [0.1, 0.15) is 0 Å². The summed E-state index contributed by atoms with van der Waals surface area (Å²) in [7, 11) is 0. The topological polar surface area (TPSA) is 339 Å². The molecular formula is C6H17N3O13Sr. The van der Waals surface area contributed by atoms with Gasteiger partial charge in [-0.25, -0.2) is 0 Å². The van der Waals surface area contributed by atoms with Crippen LogP contribution in [0.2, 0.25) is 0 Å². The SMILES string of the molecule is O.O.O.O.O.O.O=[N+]([O-])c1cc([N+](=O)[O-])c(O)c([N+](=O)[O-])c1.[SrH2]. The molecular weight excluding hydrogens is 410 g/mol. The van der Waals surface area contributed by atoms with Crippen molar-refractivity contribution in [3.8, 4) is 5.75 Å². The van der Waals surface area contributed by atoms with Gasteiger partial charge < -0.3 is 38.0 Å². The molecule has 0 spiro atoms. The van der Waals surface area contributed by atoms with Gasteiger partial charge in [0.25, 0.3) is 11.4 Å². The number of hydrogen-bond donors (Lipinski definition) is 1. The van der Waals surface area contributed by atoms with E-state index in [9.17, 15) is 30.3 Å². The predicted octanol–water partition coefficient (Wildman–Crippen LogP) is -4.75. The summed E-state index contributed by atoms with van der Waals surface area (Å²) >= 11 is 0. The molecule has 13 N–H and O–H groups in total. The molecule has 0 saturated carbocycles. The second-order valence-electron chi connectivity index (χ2n) is 2.60. The number of nitro benzene ring substituents is 3. The first-order chi connectivity index (χ1) is 7.34. The number of non-ortho nitro benzene ring substituents is 1. The molecule has 0 bridgehead atoms. The van der Waals surface area contributed by atoms with Gasteiger partial charge in [-0.15, -0.1) is 0 Å². The Kier molecular flexibility index (Phi) is 31.4. The van der Waals surface area contributed by atoms with E-state index in [0.717, 1.165) is 0 Å². The van der Waals surface area contributed by atoms with Gasteiger partial charge in [0.2, 0.25) is 0 Å². The minimum absolute atomic E-state index is 0. The third-order valence-electron chi connectivity index (χ3n) is 1.66. The second kappa shape index (κ2) is 16.8. The van der Waals surface area contributed by atoms with Crippen LogP contribution in [0.25, 0.3) is 0 Å². The maximum atomic E-state index is 10.4. The van der Waals surface area contributed by atoms with E-state index < -0.39 is 37.6 Å². The van der Waals surface area contributed by atoms with Crippen LogP contribution in [0.5, 0.6) is 5.75 Å². The van der Waals surface area contributed by atoms with Gasteiger partial charge in [-0.3, -0.25) is 30.3 Å². The van der Waals surface area contributed by atoms with E-state index in [1.807, 2.05) is 0 Å². The van der Waals surface area contributed by atoms with Crippen molar-refractivity contribution in [3.05, 3.63) is 42.5 Å². The van der Waals surface area contributed by atoms with Gasteiger partial charge in [0.1, 0.15) is 0 Å². The zero-order chi connectivity index (χ0) is 12.5. The van der Waals surface area contributed by atoms with Crippen LogP contribution in [0.3, 0.4) is 0 Å². The summed E-state index contributed by atoms with van der Waals surface area (Å²) in [5.74, 6) is -1.21. The Morgan fingerprint density at radius 3 is 1.13 bits per heavy atom. The molecule has 0 atom stereocenters. The standard InChI is InChI=1S/C6H3N3O7.6H2O.Sr.2H/c10-6-4(8(13)14)1-3(7(11)12)2-5(6)9(15)16;;;;;;;;;/h1-2,10H;6*1H2;;;. The molecule has 0 unspecified atom stereocenters. The molecule has 0 aliphatic carbocycles. The number of aromatic hydroxyl groups is 1. The van der Waals surface area contributed by atoms with Crippen molar-refractivity contribution in [2.45, 2.75) is 0 Å². The number of rotatable bonds is 3. The molecule has 1 aromatic carbocycles. The number of phenolic OH excluding ortho intramolecular Hbond substituents is 1. The molecule has 0 heterocycles. The number of nitro groups is 3. The van der Waals surface area contributed by atoms with Crippen molar-refractivity contribution in [1.29, 1.82) is 0 Å². The monoisotopic (exact) mass is 427 g/mol. The van der Waals surface area contributed by atoms with Crippen LogP contribution >= 0.6 is 0 Å². The molecule has 0 aliphatic heterocycles. The fourth-order valence-corrected chi connectivity index (χ4v) is 0.974. The summed E-state index contributed by atoms with van der Waals surface area (Å²) in [6.45, 7) is 0. The first-order valence-corrected chi connectivity index (χ1v) is 3.64. The number of phenols is 1. The zero-order valence-electron chi connectivity index (χ0n) is 10.4. The summed E-state index contributed by atoms with van der Waals surface area (Å²) in [4.78, 5) is 27.8. The summed E-state index contributed by atoms with van der Waals surface area (Å²) in [5, 5.41) is 40.2. The average Bonchev–Trinajstić information content (AvgIpc) is 2.16. The Balaban J connectivity index is -0.0000000731. The van der Waals surface area contributed by atoms with Gasteiger partial charge in [0.05, 0.1) is 26.9 Å². The van der Waals surface area contributed by atoms with Crippen LogP contribution in [0.15, 0.2) is 12.1 Å². The van der Waals surface area contributed by atoms with Crippen molar-refractivity contribution in [2.75, 3.05) is 0 Å². The molecule has 0 fully saturated rings. The maximum absolute atomic E-state index is 10.4. The molecule has 17 heteroatoms. The molecule has 0 aliphatic rings. The van der Waals surface area contributed by atoms with Crippen molar-refractivity contribution in [2.24, 2.45) is 0 Å². The normalized spacial score (nSPS) is 6.78. The third-order valence-corrected chi connectivity index (χ3v) is 1.66. The van der Waals surface area contributed by atoms with Gasteiger partial charge in [0.15, 0.2) is 0 Å². The van der Waals surface area contributed by atoms with E-state index in [1.165, 1.54) is 0 Å². The van der Waals surface area contributed by atoms with E-state index >= 15 is 0 Å². The Morgan fingerprint density at radius 2 is 0.957 bits per heavy atom. The summed E-state index contributed by atoms with van der Waals surface area (Å²) in [5.41, 5.74) is -3.00. The van der Waals surface area contributed by atoms with E-state index in [0.29, 0.717) is 12.1 Å². The fraction of sp³-hybridized carbons (Fsp3) is 0. The average molecular weight is 427 g/mol. The Morgan fingerprint density at radius 1 is 0.696 bits per heavy atom. The third kappa shape index (κ3) is 9.96. The molecule has 16 nitrogen and oxygen atoms in total. The number of nitrogens with zero attached hydrogens (tertiary/aromatic N) is 3. The van der Waals surface area contributed by atoms with Gasteiger partial charge in [-0.2, -0.15) is 0 Å². The number of hydrogen-bond acceptors (Lipinski definition) is 7. The minimum atomic E-state index is -1.21. The fourth-order valence-electron chi connectivity index (χ4n) is 0.974. The van der Waals surface area contributed by atoms with Crippen LogP contribution in [-0.2, 0) is 0 Å². The van der Waals surface area contributed by atoms with Crippen LogP contribution in [-0.4, -0.2) is 98.2 Å². The Hall–Kier alpha value is -1.54. The molecule has 1 rings (SSSR count). The predicted molar refractivity (Wildman–Crippen MR) is 78.3 cm³/mol. The van der Waals surface area contributed by atoms with Crippen molar-refractivity contribution in [3.63, 3.8) is 0 Å². The van der Waals surface area contributed by atoms with E-state index in [2.05, 4.69) is 0 Å². The molecule has 0 amide bonds. The first-order valence-electron chi connectivity index (χ1n) is 3.64. The molecule has 0 saturated heterocycles. The molecule has 1 aromatic rings. The second-order valence-corrected chi connectivity index (χ2v) is 2.60. The quantitative estimate of drug-likeness (QED) is 0.278. The van der Waals surface area contributed by atoms with E-state index in [-0.39, 0.29) is 78.3 Å². The van der Waals surface area contributed by atoms with Gasteiger partial charge in [0, 0.05) is 0 Å². The molecule has 0 aromatic heterocycles.